The summed E-state index contributed by atoms with van der Waals surface area (Å²) >= 11 is 0. The maximum atomic E-state index is 12.9. The molecule has 0 bridgehead atoms. The van der Waals surface area contributed by atoms with E-state index in [1.165, 1.54) is 0 Å². The molecule has 1 amide bonds. The highest BCUT2D eigenvalue weighted by molar-refractivity contribution is 5.79. The molecule has 0 radical (unpaired) electrons. The Bertz CT molecular complexity index is 841. The molecular formula is C20H21F6N3O2. The zero-order valence-electron chi connectivity index (χ0n) is 16.5. The number of pyridine rings is 1. The van der Waals surface area contributed by atoms with Gasteiger partial charge in [-0.2, -0.15) is 31.6 Å². The van der Waals surface area contributed by atoms with E-state index in [1.54, 1.807) is 11.0 Å². The number of carbonyl (C=O) groups is 1. The lowest BCUT2D eigenvalue weighted by Crippen LogP contribution is -2.44. The normalized spacial score (nSPS) is 24.7. The molecule has 1 saturated heterocycles. The predicted molar refractivity (Wildman–Crippen MR) is 95.7 cm³/mol. The Morgan fingerprint density at radius 1 is 1.16 bits per heavy atom. The van der Waals surface area contributed by atoms with Crippen LogP contribution < -0.4 is 4.74 Å². The Morgan fingerprint density at radius 2 is 1.84 bits per heavy atom. The molecule has 5 nitrogen and oxygen atoms in total. The van der Waals surface area contributed by atoms with E-state index in [2.05, 4.69) is 4.98 Å². The Kier molecular flexibility index (Phi) is 6.67. The number of aromatic nitrogens is 1. The number of carbonyl (C=O) groups excluding carboxylic acids is 1. The second-order valence-electron chi connectivity index (χ2n) is 7.91. The number of likely N-dealkylation sites (tertiary alicyclic amines) is 1. The van der Waals surface area contributed by atoms with E-state index in [0.717, 1.165) is 0 Å². The largest absolute Gasteiger partial charge is 0.488 e. The van der Waals surface area contributed by atoms with Gasteiger partial charge in [0.2, 0.25) is 5.91 Å². The summed E-state index contributed by atoms with van der Waals surface area (Å²) in [6, 6.07) is 1.95. The van der Waals surface area contributed by atoms with Crippen molar-refractivity contribution < 1.29 is 35.9 Å². The number of hydrogen-bond acceptors (Lipinski definition) is 4. The van der Waals surface area contributed by atoms with Gasteiger partial charge in [-0.3, -0.25) is 4.79 Å². The van der Waals surface area contributed by atoms with Crippen molar-refractivity contribution in [1.82, 2.24) is 9.88 Å². The summed E-state index contributed by atoms with van der Waals surface area (Å²) in [5, 5.41) is 9.07. The summed E-state index contributed by atoms with van der Waals surface area (Å²) in [6.07, 6.45) is -7.01. The molecule has 170 valence electrons. The Morgan fingerprint density at radius 3 is 2.42 bits per heavy atom. The van der Waals surface area contributed by atoms with Gasteiger partial charge in [0.15, 0.2) is 11.4 Å². The smallest absolute Gasteiger partial charge is 0.418 e. The van der Waals surface area contributed by atoms with Gasteiger partial charge in [0, 0.05) is 18.7 Å². The van der Waals surface area contributed by atoms with Crippen molar-refractivity contribution in [3.63, 3.8) is 0 Å². The lowest BCUT2D eigenvalue weighted by molar-refractivity contribution is -0.185. The average molecular weight is 449 g/mol. The second kappa shape index (κ2) is 8.93. The fourth-order valence-corrected chi connectivity index (χ4v) is 4.18. The van der Waals surface area contributed by atoms with E-state index in [4.69, 9.17) is 10.00 Å². The fraction of sp³-hybridized carbons (Fsp3) is 0.650. The van der Waals surface area contributed by atoms with Crippen molar-refractivity contribution in [2.45, 2.75) is 56.9 Å². The number of alkyl halides is 6. The number of nitriles is 1. The molecule has 2 heterocycles. The lowest BCUT2D eigenvalue weighted by atomic mass is 9.81. The van der Waals surface area contributed by atoms with Crippen molar-refractivity contribution in [3.8, 4) is 11.8 Å². The van der Waals surface area contributed by atoms with E-state index >= 15 is 0 Å². The first-order valence-electron chi connectivity index (χ1n) is 9.98. The minimum Gasteiger partial charge on any atom is -0.488 e. The van der Waals surface area contributed by atoms with Gasteiger partial charge in [-0.1, -0.05) is 0 Å². The van der Waals surface area contributed by atoms with E-state index in [-0.39, 0.29) is 49.6 Å². The first kappa shape index (κ1) is 23.2. The van der Waals surface area contributed by atoms with Crippen LogP contribution in [-0.4, -0.2) is 41.2 Å². The van der Waals surface area contributed by atoms with E-state index in [0.29, 0.717) is 31.6 Å². The highest BCUT2D eigenvalue weighted by Gasteiger charge is 2.44. The topological polar surface area (TPSA) is 66.2 Å². The Hall–Kier alpha value is -2.51. The van der Waals surface area contributed by atoms with Crippen LogP contribution in [-0.2, 0) is 11.0 Å². The van der Waals surface area contributed by atoms with Crippen molar-refractivity contribution in [1.29, 1.82) is 5.26 Å². The minimum atomic E-state index is -4.65. The van der Waals surface area contributed by atoms with Crippen LogP contribution in [0.2, 0.25) is 0 Å². The van der Waals surface area contributed by atoms with Gasteiger partial charge in [-0.05, 0) is 44.6 Å². The molecule has 0 N–H and O–H groups in total. The highest BCUT2D eigenvalue weighted by atomic mass is 19.4. The molecule has 1 unspecified atom stereocenters. The quantitative estimate of drug-likeness (QED) is 0.625. The molecule has 0 spiro atoms. The lowest BCUT2D eigenvalue weighted by Gasteiger charge is -2.33. The highest BCUT2D eigenvalue weighted by Crippen LogP contribution is 2.40. The van der Waals surface area contributed by atoms with Gasteiger partial charge in [0.05, 0.1) is 17.5 Å². The van der Waals surface area contributed by atoms with Crippen molar-refractivity contribution in [3.05, 3.63) is 23.5 Å². The third-order valence-corrected chi connectivity index (χ3v) is 5.92. The minimum absolute atomic E-state index is 0.0870. The van der Waals surface area contributed by atoms with Gasteiger partial charge in [0.1, 0.15) is 12.7 Å². The molecule has 1 aromatic heterocycles. The SMILES string of the molecule is N#Cc1ncc(C(F)(F)F)cc1OCC1CCCN1C(=O)C1CCC(C(F)(F)F)CC1. The molecule has 1 saturated carbocycles. The Balaban J connectivity index is 1.63. The van der Waals surface area contributed by atoms with Gasteiger partial charge < -0.3 is 9.64 Å². The summed E-state index contributed by atoms with van der Waals surface area (Å²) < 4.78 is 82.7. The number of ether oxygens (including phenoxy) is 1. The van der Waals surface area contributed by atoms with Crippen molar-refractivity contribution in [2.24, 2.45) is 11.8 Å². The van der Waals surface area contributed by atoms with Crippen LogP contribution in [0.4, 0.5) is 26.3 Å². The second-order valence-corrected chi connectivity index (χ2v) is 7.91. The first-order chi connectivity index (χ1) is 14.5. The number of rotatable bonds is 4. The van der Waals surface area contributed by atoms with Crippen LogP contribution in [0.25, 0.3) is 0 Å². The summed E-state index contributed by atoms with van der Waals surface area (Å²) in [7, 11) is 0. The standard InChI is InChI=1S/C20H21F6N3O2/c21-19(22,23)13-5-3-12(4-6-13)18(30)29-7-1-2-15(29)11-31-17-8-14(20(24,25)26)10-28-16(17)9-27/h8,10,12-13,15H,1-7,11H2. The summed E-state index contributed by atoms with van der Waals surface area (Å²) in [5.41, 5.74) is -1.35. The maximum absolute atomic E-state index is 12.9. The number of hydrogen-bond donors (Lipinski definition) is 0. The molecule has 11 heteroatoms. The van der Waals surface area contributed by atoms with E-state index < -0.39 is 35.8 Å². The fourth-order valence-electron chi connectivity index (χ4n) is 4.18. The Labute approximate surface area is 175 Å². The molecule has 31 heavy (non-hydrogen) atoms. The van der Waals surface area contributed by atoms with Crippen molar-refractivity contribution >= 4 is 5.91 Å². The summed E-state index contributed by atoms with van der Waals surface area (Å²) in [5.74, 6) is -2.44. The van der Waals surface area contributed by atoms with Gasteiger partial charge in [-0.15, -0.1) is 0 Å². The number of nitrogens with zero attached hydrogens (tertiary/aromatic N) is 3. The molecule has 1 aromatic rings. The maximum Gasteiger partial charge on any atom is 0.418 e. The third-order valence-electron chi connectivity index (χ3n) is 5.92. The third kappa shape index (κ3) is 5.40. The molecule has 1 aliphatic carbocycles. The summed E-state index contributed by atoms with van der Waals surface area (Å²) in [6.45, 7) is 0.291. The molecule has 1 atom stereocenters. The monoisotopic (exact) mass is 449 g/mol. The van der Waals surface area contributed by atoms with Crippen LogP contribution in [0.3, 0.4) is 0 Å². The summed E-state index contributed by atoms with van der Waals surface area (Å²) in [4.78, 5) is 17.9. The van der Waals surface area contributed by atoms with Crippen LogP contribution >= 0.6 is 0 Å². The molecule has 3 rings (SSSR count). The zero-order chi connectivity index (χ0) is 22.8. The van der Waals surface area contributed by atoms with Crippen LogP contribution in [0, 0.1) is 23.2 Å². The van der Waals surface area contributed by atoms with E-state index in [1.807, 2.05) is 0 Å². The molecule has 0 aromatic carbocycles. The predicted octanol–water partition coefficient (Wildman–Crippen LogP) is 4.71. The van der Waals surface area contributed by atoms with E-state index in [9.17, 15) is 31.1 Å². The molecule has 2 aliphatic rings. The van der Waals surface area contributed by atoms with Crippen LogP contribution in [0.1, 0.15) is 49.8 Å². The number of amides is 1. The van der Waals surface area contributed by atoms with Crippen LogP contribution in [0.15, 0.2) is 12.3 Å². The van der Waals surface area contributed by atoms with Gasteiger partial charge in [-0.25, -0.2) is 4.98 Å². The zero-order valence-corrected chi connectivity index (χ0v) is 16.5. The molecule has 1 aliphatic heterocycles. The van der Waals surface area contributed by atoms with Crippen LogP contribution in [0.5, 0.6) is 5.75 Å². The van der Waals surface area contributed by atoms with Crippen molar-refractivity contribution in [2.75, 3.05) is 13.2 Å². The number of halogens is 6. The average Bonchev–Trinajstić information content (AvgIpc) is 3.18. The molecular weight excluding hydrogens is 428 g/mol. The van der Waals surface area contributed by atoms with Gasteiger partial charge >= 0.3 is 12.4 Å². The van der Waals surface area contributed by atoms with Gasteiger partial charge in [0.25, 0.3) is 0 Å². The molecule has 2 fully saturated rings. The first-order valence-corrected chi connectivity index (χ1v) is 9.98.